The number of methoxy groups -OCH3 is 1. The first kappa shape index (κ1) is 10.3. The Morgan fingerprint density at radius 2 is 1.94 bits per heavy atom. The van der Waals surface area contributed by atoms with Crippen molar-refractivity contribution in [3.05, 3.63) is 48.0 Å². The minimum atomic E-state index is -0.439. The van der Waals surface area contributed by atoms with Crippen LogP contribution in [0.2, 0.25) is 0 Å². The van der Waals surface area contributed by atoms with Crippen molar-refractivity contribution in [2.45, 2.75) is 12.2 Å². The number of rotatable bonds is 2. The molecular weight excluding hydrogens is 216 g/mol. The molecule has 1 fully saturated rings. The smallest absolute Gasteiger partial charge is 0.338 e. The zero-order valence-corrected chi connectivity index (χ0v) is 9.42. The standard InChI is InChI=1S/C14H12O3/c1-16-14(15)13-12(17-13)11-8-4-6-9-5-2-3-7-10(9)11/h2-8,12-13H,1H3/t12-,13+/m0/s1. The van der Waals surface area contributed by atoms with Crippen LogP contribution in [0.1, 0.15) is 11.7 Å². The molecular formula is C14H12O3. The van der Waals surface area contributed by atoms with Crippen LogP contribution in [-0.4, -0.2) is 19.2 Å². The summed E-state index contributed by atoms with van der Waals surface area (Å²) in [5, 5.41) is 2.29. The van der Waals surface area contributed by atoms with Crippen molar-refractivity contribution in [2.24, 2.45) is 0 Å². The average Bonchev–Trinajstić information content (AvgIpc) is 3.17. The highest BCUT2D eigenvalue weighted by molar-refractivity contribution is 5.88. The van der Waals surface area contributed by atoms with Gasteiger partial charge < -0.3 is 9.47 Å². The fraction of sp³-hybridized carbons (Fsp3) is 0.214. The quantitative estimate of drug-likeness (QED) is 0.585. The molecule has 0 amide bonds. The van der Waals surface area contributed by atoms with Crippen LogP contribution in [0.3, 0.4) is 0 Å². The van der Waals surface area contributed by atoms with Gasteiger partial charge in [0.1, 0.15) is 6.10 Å². The van der Waals surface area contributed by atoms with Gasteiger partial charge in [0.05, 0.1) is 7.11 Å². The Morgan fingerprint density at radius 3 is 2.76 bits per heavy atom. The molecule has 3 nitrogen and oxygen atoms in total. The van der Waals surface area contributed by atoms with Gasteiger partial charge in [-0.2, -0.15) is 0 Å². The molecule has 2 aromatic rings. The van der Waals surface area contributed by atoms with Gasteiger partial charge in [0.15, 0.2) is 6.10 Å². The summed E-state index contributed by atoms with van der Waals surface area (Å²) in [6, 6.07) is 14.1. The second kappa shape index (κ2) is 3.86. The summed E-state index contributed by atoms with van der Waals surface area (Å²) >= 11 is 0. The molecule has 0 N–H and O–H groups in total. The van der Waals surface area contributed by atoms with E-state index >= 15 is 0 Å². The number of ether oxygens (including phenoxy) is 2. The maximum Gasteiger partial charge on any atom is 0.338 e. The van der Waals surface area contributed by atoms with Crippen LogP contribution in [0.5, 0.6) is 0 Å². The predicted molar refractivity (Wildman–Crippen MR) is 63.6 cm³/mol. The van der Waals surface area contributed by atoms with E-state index in [9.17, 15) is 4.79 Å². The van der Waals surface area contributed by atoms with Crippen LogP contribution in [0.4, 0.5) is 0 Å². The first-order chi connectivity index (χ1) is 8.31. The Morgan fingerprint density at radius 1 is 1.18 bits per heavy atom. The molecule has 86 valence electrons. The molecule has 1 aliphatic rings. The van der Waals surface area contributed by atoms with E-state index in [0.29, 0.717) is 0 Å². The number of hydrogen-bond donors (Lipinski definition) is 0. The van der Waals surface area contributed by atoms with Crippen molar-refractivity contribution in [3.8, 4) is 0 Å². The first-order valence-electron chi connectivity index (χ1n) is 5.52. The number of carbonyl (C=O) groups is 1. The third kappa shape index (κ3) is 1.68. The lowest BCUT2D eigenvalue weighted by atomic mass is 10.0. The van der Waals surface area contributed by atoms with Gasteiger partial charge in [-0.15, -0.1) is 0 Å². The van der Waals surface area contributed by atoms with E-state index < -0.39 is 6.10 Å². The van der Waals surface area contributed by atoms with Crippen molar-refractivity contribution in [3.63, 3.8) is 0 Å². The lowest BCUT2D eigenvalue weighted by Crippen LogP contribution is -2.09. The lowest BCUT2D eigenvalue weighted by molar-refractivity contribution is -0.142. The van der Waals surface area contributed by atoms with E-state index in [1.165, 1.54) is 7.11 Å². The number of carbonyl (C=O) groups excluding carboxylic acids is 1. The summed E-state index contributed by atoms with van der Waals surface area (Å²) in [5.41, 5.74) is 1.05. The molecule has 17 heavy (non-hydrogen) atoms. The number of benzene rings is 2. The summed E-state index contributed by atoms with van der Waals surface area (Å²) in [5.74, 6) is -0.303. The van der Waals surface area contributed by atoms with Crippen molar-refractivity contribution in [1.82, 2.24) is 0 Å². The third-order valence-electron chi connectivity index (χ3n) is 3.05. The highest BCUT2D eigenvalue weighted by Gasteiger charge is 2.47. The molecule has 0 bridgehead atoms. The predicted octanol–water partition coefficient (Wildman–Crippen LogP) is 2.45. The molecule has 2 aromatic carbocycles. The first-order valence-corrected chi connectivity index (χ1v) is 5.52. The molecule has 3 rings (SSSR count). The molecule has 1 heterocycles. The van der Waals surface area contributed by atoms with Crippen LogP contribution in [-0.2, 0) is 14.3 Å². The van der Waals surface area contributed by atoms with Gasteiger partial charge in [-0.1, -0.05) is 42.5 Å². The summed E-state index contributed by atoms with van der Waals surface area (Å²) in [4.78, 5) is 11.3. The van der Waals surface area contributed by atoms with Crippen molar-refractivity contribution >= 4 is 16.7 Å². The molecule has 0 radical (unpaired) electrons. The van der Waals surface area contributed by atoms with E-state index in [1.54, 1.807) is 0 Å². The molecule has 2 atom stereocenters. The Bertz CT molecular complexity index is 571. The fourth-order valence-corrected chi connectivity index (χ4v) is 2.14. The summed E-state index contributed by atoms with van der Waals surface area (Å²) < 4.78 is 10.1. The Kier molecular flexibility index (Phi) is 2.34. The lowest BCUT2D eigenvalue weighted by Gasteiger charge is -2.03. The second-order valence-electron chi connectivity index (χ2n) is 4.07. The van der Waals surface area contributed by atoms with Gasteiger partial charge in [-0.05, 0) is 16.3 Å². The van der Waals surface area contributed by atoms with Gasteiger partial charge in [-0.3, -0.25) is 0 Å². The largest absolute Gasteiger partial charge is 0.467 e. The van der Waals surface area contributed by atoms with Crippen LogP contribution < -0.4 is 0 Å². The highest BCUT2D eigenvalue weighted by Crippen LogP contribution is 2.42. The van der Waals surface area contributed by atoms with Gasteiger partial charge in [0.2, 0.25) is 0 Å². The Hall–Kier alpha value is -1.87. The Labute approximate surface area is 99.0 Å². The van der Waals surface area contributed by atoms with Gasteiger partial charge in [0, 0.05) is 0 Å². The topological polar surface area (TPSA) is 38.8 Å². The van der Waals surface area contributed by atoms with E-state index in [2.05, 4.69) is 4.74 Å². The zero-order chi connectivity index (χ0) is 11.8. The highest BCUT2D eigenvalue weighted by atomic mass is 16.6. The number of hydrogen-bond acceptors (Lipinski definition) is 3. The van der Waals surface area contributed by atoms with E-state index in [-0.39, 0.29) is 12.1 Å². The van der Waals surface area contributed by atoms with Gasteiger partial charge >= 0.3 is 5.97 Å². The monoisotopic (exact) mass is 228 g/mol. The van der Waals surface area contributed by atoms with Crippen molar-refractivity contribution < 1.29 is 14.3 Å². The Balaban J connectivity index is 2.00. The van der Waals surface area contributed by atoms with Gasteiger partial charge in [-0.25, -0.2) is 4.79 Å². The van der Waals surface area contributed by atoms with E-state index in [0.717, 1.165) is 16.3 Å². The van der Waals surface area contributed by atoms with Crippen LogP contribution in [0.15, 0.2) is 42.5 Å². The SMILES string of the molecule is COC(=O)[C@@H]1O[C@H]1c1cccc2ccccc12. The van der Waals surface area contributed by atoms with Crippen LogP contribution >= 0.6 is 0 Å². The van der Waals surface area contributed by atoms with Crippen LogP contribution in [0, 0.1) is 0 Å². The van der Waals surface area contributed by atoms with E-state index in [4.69, 9.17) is 4.74 Å². The average molecular weight is 228 g/mol. The minimum absolute atomic E-state index is 0.159. The molecule has 1 aliphatic heterocycles. The maximum atomic E-state index is 11.3. The molecule has 3 heteroatoms. The molecule has 1 saturated heterocycles. The zero-order valence-electron chi connectivity index (χ0n) is 9.42. The number of epoxide rings is 1. The molecule has 0 unspecified atom stereocenters. The minimum Gasteiger partial charge on any atom is -0.467 e. The maximum absolute atomic E-state index is 11.3. The summed E-state index contributed by atoms with van der Waals surface area (Å²) in [6.45, 7) is 0. The second-order valence-corrected chi connectivity index (χ2v) is 4.07. The molecule has 0 aliphatic carbocycles. The van der Waals surface area contributed by atoms with Crippen LogP contribution in [0.25, 0.3) is 10.8 Å². The van der Waals surface area contributed by atoms with Crippen molar-refractivity contribution in [1.29, 1.82) is 0 Å². The summed E-state index contributed by atoms with van der Waals surface area (Å²) in [6.07, 6.45) is -0.598. The number of esters is 1. The summed E-state index contributed by atoms with van der Waals surface area (Å²) in [7, 11) is 1.38. The molecule has 0 spiro atoms. The van der Waals surface area contributed by atoms with Gasteiger partial charge in [0.25, 0.3) is 0 Å². The third-order valence-corrected chi connectivity index (χ3v) is 3.05. The molecule has 0 saturated carbocycles. The normalized spacial score (nSPS) is 22.4. The molecule has 0 aromatic heterocycles. The van der Waals surface area contributed by atoms with Crippen molar-refractivity contribution in [2.75, 3.05) is 7.11 Å². The number of fused-ring (bicyclic) bond motifs is 1. The fourth-order valence-electron chi connectivity index (χ4n) is 2.14. The van der Waals surface area contributed by atoms with E-state index in [1.807, 2.05) is 42.5 Å².